The summed E-state index contributed by atoms with van der Waals surface area (Å²) in [7, 11) is 1.72. The molecule has 2 heteroatoms. The van der Waals surface area contributed by atoms with Crippen LogP contribution in [0.15, 0.2) is 24.3 Å². The molecule has 0 aromatic heterocycles. The van der Waals surface area contributed by atoms with Gasteiger partial charge in [-0.1, -0.05) is 45.2 Å². The zero-order valence-electron chi connectivity index (χ0n) is 13.9. The van der Waals surface area contributed by atoms with Crippen LogP contribution in [0.1, 0.15) is 63.9 Å². The van der Waals surface area contributed by atoms with Crippen molar-refractivity contribution in [1.29, 1.82) is 0 Å². The summed E-state index contributed by atoms with van der Waals surface area (Å²) in [5.74, 6) is 2.56. The monoisotopic (exact) mass is 289 g/mol. The molecule has 0 amide bonds. The first-order valence-corrected chi connectivity index (χ1v) is 8.64. The van der Waals surface area contributed by atoms with Crippen LogP contribution in [0.3, 0.4) is 0 Å². The predicted molar refractivity (Wildman–Crippen MR) is 90.1 cm³/mol. The van der Waals surface area contributed by atoms with Crippen LogP contribution >= 0.6 is 0 Å². The highest BCUT2D eigenvalue weighted by molar-refractivity contribution is 5.30. The molecule has 0 heterocycles. The van der Waals surface area contributed by atoms with Crippen molar-refractivity contribution in [2.24, 2.45) is 5.92 Å². The van der Waals surface area contributed by atoms with E-state index in [1.54, 1.807) is 7.11 Å². The van der Waals surface area contributed by atoms with Gasteiger partial charge in [-0.2, -0.15) is 0 Å². The van der Waals surface area contributed by atoms with Crippen LogP contribution in [0.5, 0.6) is 5.75 Å². The van der Waals surface area contributed by atoms with Crippen LogP contribution in [0, 0.1) is 5.92 Å². The number of ether oxygens (including phenoxy) is 1. The Morgan fingerprint density at radius 3 is 2.48 bits per heavy atom. The number of rotatable bonds is 9. The van der Waals surface area contributed by atoms with Crippen LogP contribution in [-0.4, -0.2) is 19.7 Å². The van der Waals surface area contributed by atoms with E-state index in [0.717, 1.165) is 23.6 Å². The molecular weight excluding hydrogens is 258 g/mol. The second kappa shape index (κ2) is 8.43. The zero-order chi connectivity index (χ0) is 15.1. The quantitative estimate of drug-likeness (QED) is 0.708. The Morgan fingerprint density at radius 2 is 1.90 bits per heavy atom. The molecule has 1 N–H and O–H groups in total. The number of nitrogens with one attached hydrogen (secondary N) is 1. The maximum Gasteiger partial charge on any atom is 0.118 e. The normalized spacial score (nSPS) is 22.6. The predicted octanol–water partition coefficient (Wildman–Crippen LogP) is 4.75. The van der Waals surface area contributed by atoms with Crippen LogP contribution in [0.4, 0.5) is 0 Å². The first-order valence-electron chi connectivity index (χ1n) is 8.64. The van der Waals surface area contributed by atoms with Crippen LogP contribution in [0.25, 0.3) is 0 Å². The lowest BCUT2D eigenvalue weighted by molar-refractivity contribution is 0.269. The summed E-state index contributed by atoms with van der Waals surface area (Å²) in [5, 5.41) is 3.78. The number of hydrogen-bond acceptors (Lipinski definition) is 2. The topological polar surface area (TPSA) is 21.3 Å². The van der Waals surface area contributed by atoms with Gasteiger partial charge in [-0.3, -0.25) is 0 Å². The first kappa shape index (κ1) is 16.4. The molecule has 0 aliphatic heterocycles. The van der Waals surface area contributed by atoms with Gasteiger partial charge in [-0.25, -0.2) is 0 Å². The smallest absolute Gasteiger partial charge is 0.118 e. The second-order valence-electron chi connectivity index (χ2n) is 6.46. The lowest BCUT2D eigenvalue weighted by atomic mass is 9.75. The van der Waals surface area contributed by atoms with Crippen LogP contribution in [0.2, 0.25) is 0 Å². The van der Waals surface area contributed by atoms with E-state index < -0.39 is 0 Å². The summed E-state index contributed by atoms with van der Waals surface area (Å²) in [6.07, 6.45) is 7.96. The average molecular weight is 289 g/mol. The second-order valence-corrected chi connectivity index (χ2v) is 6.46. The number of methoxy groups -OCH3 is 1. The maximum absolute atomic E-state index is 5.22. The van der Waals surface area contributed by atoms with Gasteiger partial charge < -0.3 is 10.1 Å². The van der Waals surface area contributed by atoms with E-state index in [1.807, 2.05) is 0 Å². The molecule has 1 fully saturated rings. The fourth-order valence-corrected chi connectivity index (χ4v) is 3.21. The Kier molecular flexibility index (Phi) is 6.56. The van der Waals surface area contributed by atoms with Gasteiger partial charge in [0.1, 0.15) is 5.75 Å². The van der Waals surface area contributed by atoms with Crippen molar-refractivity contribution in [3.8, 4) is 5.75 Å². The van der Waals surface area contributed by atoms with Crippen molar-refractivity contribution in [2.45, 2.75) is 64.3 Å². The Hall–Kier alpha value is -1.02. The van der Waals surface area contributed by atoms with E-state index in [0.29, 0.717) is 0 Å². The fraction of sp³-hybridized carbons (Fsp3) is 0.684. The van der Waals surface area contributed by atoms with E-state index in [2.05, 4.69) is 43.4 Å². The van der Waals surface area contributed by atoms with Crippen LogP contribution < -0.4 is 10.1 Å². The molecule has 118 valence electrons. The minimum Gasteiger partial charge on any atom is -0.497 e. The summed E-state index contributed by atoms with van der Waals surface area (Å²) in [4.78, 5) is 0. The van der Waals surface area contributed by atoms with Crippen LogP contribution in [-0.2, 0) is 0 Å². The van der Waals surface area contributed by atoms with Gasteiger partial charge in [0.25, 0.3) is 0 Å². The molecule has 21 heavy (non-hydrogen) atoms. The van der Waals surface area contributed by atoms with E-state index >= 15 is 0 Å². The molecular formula is C19H31NO. The third kappa shape index (κ3) is 4.74. The summed E-state index contributed by atoms with van der Waals surface area (Å²) in [6, 6.07) is 9.32. The third-order valence-electron chi connectivity index (χ3n) is 4.96. The van der Waals surface area contributed by atoms with Gasteiger partial charge >= 0.3 is 0 Å². The molecule has 1 saturated carbocycles. The molecule has 1 aliphatic carbocycles. The van der Waals surface area contributed by atoms with Crippen molar-refractivity contribution in [2.75, 3.05) is 13.7 Å². The number of benzene rings is 1. The van der Waals surface area contributed by atoms with Crippen molar-refractivity contribution >= 4 is 0 Å². The van der Waals surface area contributed by atoms with E-state index in [1.165, 1.54) is 50.6 Å². The molecule has 1 aliphatic rings. The van der Waals surface area contributed by atoms with Crippen molar-refractivity contribution in [1.82, 2.24) is 5.32 Å². The highest BCUT2D eigenvalue weighted by Crippen LogP contribution is 2.37. The summed E-state index contributed by atoms with van der Waals surface area (Å²) < 4.78 is 5.22. The van der Waals surface area contributed by atoms with Gasteiger partial charge in [0.05, 0.1) is 7.11 Å². The molecule has 1 unspecified atom stereocenters. The van der Waals surface area contributed by atoms with E-state index in [9.17, 15) is 0 Å². The lowest BCUT2D eigenvalue weighted by Crippen LogP contribution is -2.42. The molecule has 1 atom stereocenters. The Balaban J connectivity index is 1.68. The zero-order valence-corrected chi connectivity index (χ0v) is 13.9. The Labute approximate surface area is 130 Å². The highest BCUT2D eigenvalue weighted by atomic mass is 16.5. The Morgan fingerprint density at radius 1 is 1.19 bits per heavy atom. The van der Waals surface area contributed by atoms with Gasteiger partial charge in [0.2, 0.25) is 0 Å². The molecule has 0 bridgehead atoms. The van der Waals surface area contributed by atoms with Crippen molar-refractivity contribution in [3.63, 3.8) is 0 Å². The highest BCUT2D eigenvalue weighted by Gasteiger charge is 2.30. The van der Waals surface area contributed by atoms with Crippen molar-refractivity contribution < 1.29 is 4.74 Å². The Bertz CT molecular complexity index is 395. The van der Waals surface area contributed by atoms with Gasteiger partial charge in [0.15, 0.2) is 0 Å². The SMILES string of the molecule is CCCCC(CC)CNC1CC(c2ccc(OC)cc2)C1. The third-order valence-corrected chi connectivity index (χ3v) is 4.96. The molecule has 0 radical (unpaired) electrons. The number of unbranched alkanes of at least 4 members (excludes halogenated alkanes) is 1. The van der Waals surface area contributed by atoms with Crippen molar-refractivity contribution in [3.05, 3.63) is 29.8 Å². The molecule has 2 rings (SSSR count). The summed E-state index contributed by atoms with van der Waals surface area (Å²) in [6.45, 7) is 5.81. The standard InChI is InChI=1S/C19H31NO/c1-4-6-7-15(5-2)14-20-18-12-17(13-18)16-8-10-19(21-3)11-9-16/h8-11,15,17-18,20H,4-7,12-14H2,1-3H3. The maximum atomic E-state index is 5.22. The lowest BCUT2D eigenvalue weighted by Gasteiger charge is -2.37. The molecule has 0 spiro atoms. The van der Waals surface area contributed by atoms with Gasteiger partial charge in [-0.05, 0) is 55.3 Å². The number of hydrogen-bond donors (Lipinski definition) is 1. The first-order chi connectivity index (χ1) is 10.3. The molecule has 1 aromatic rings. The summed E-state index contributed by atoms with van der Waals surface area (Å²) >= 11 is 0. The van der Waals surface area contributed by atoms with Gasteiger partial charge in [0, 0.05) is 6.04 Å². The van der Waals surface area contributed by atoms with Gasteiger partial charge in [-0.15, -0.1) is 0 Å². The minimum absolute atomic E-state index is 0.729. The van der Waals surface area contributed by atoms with E-state index in [4.69, 9.17) is 4.74 Å². The summed E-state index contributed by atoms with van der Waals surface area (Å²) in [5.41, 5.74) is 1.46. The largest absolute Gasteiger partial charge is 0.497 e. The molecule has 2 nitrogen and oxygen atoms in total. The molecule has 0 saturated heterocycles. The van der Waals surface area contributed by atoms with E-state index in [-0.39, 0.29) is 0 Å². The minimum atomic E-state index is 0.729. The fourth-order valence-electron chi connectivity index (χ4n) is 3.21. The average Bonchev–Trinajstić information content (AvgIpc) is 2.49. The molecule has 1 aromatic carbocycles.